The van der Waals surface area contributed by atoms with Crippen LogP contribution in [-0.2, 0) is 16.6 Å². The number of amides is 3. The van der Waals surface area contributed by atoms with E-state index in [1.54, 1.807) is 42.7 Å². The first-order valence-corrected chi connectivity index (χ1v) is 10.5. The molecule has 1 aliphatic heterocycles. The first-order chi connectivity index (χ1) is 13.5. The Bertz CT molecular complexity index is 944. The van der Waals surface area contributed by atoms with Crippen molar-refractivity contribution in [3.63, 3.8) is 0 Å². The quantitative estimate of drug-likeness (QED) is 0.530. The van der Waals surface area contributed by atoms with E-state index < -0.39 is 0 Å². The van der Waals surface area contributed by atoms with Gasteiger partial charge in [-0.3, -0.25) is 19.3 Å². The second-order valence-electron chi connectivity index (χ2n) is 5.81. The Labute approximate surface area is 175 Å². The van der Waals surface area contributed by atoms with E-state index in [-0.39, 0.29) is 35.9 Å². The van der Waals surface area contributed by atoms with E-state index in [4.69, 9.17) is 11.6 Å². The number of hydrogen-bond donors (Lipinski definition) is 1. The second-order valence-corrected chi connectivity index (χ2v) is 8.16. The van der Waals surface area contributed by atoms with Gasteiger partial charge in [0.25, 0.3) is 11.1 Å². The molecule has 28 heavy (non-hydrogen) atoms. The van der Waals surface area contributed by atoms with Crippen LogP contribution in [0.5, 0.6) is 0 Å². The third-order valence-corrected chi connectivity index (χ3v) is 6.14. The topological polar surface area (TPSA) is 84.3 Å². The van der Waals surface area contributed by atoms with Crippen molar-refractivity contribution >= 4 is 58.3 Å². The summed E-state index contributed by atoms with van der Waals surface area (Å²) in [5.41, 5.74) is 0.675. The Balaban J connectivity index is 1.50. The van der Waals surface area contributed by atoms with Crippen molar-refractivity contribution in [3.8, 4) is 0 Å². The number of halogens is 1. The minimum Gasteiger partial charge on any atom is -0.354 e. The van der Waals surface area contributed by atoms with E-state index in [1.807, 2.05) is 11.6 Å². The van der Waals surface area contributed by atoms with Crippen molar-refractivity contribution in [2.24, 2.45) is 7.05 Å². The van der Waals surface area contributed by atoms with E-state index in [0.717, 1.165) is 21.8 Å². The van der Waals surface area contributed by atoms with Crippen molar-refractivity contribution in [1.82, 2.24) is 19.8 Å². The van der Waals surface area contributed by atoms with Gasteiger partial charge in [-0.2, -0.15) is 0 Å². The molecule has 1 N–H and O–H groups in total. The fourth-order valence-corrected chi connectivity index (χ4v) is 4.21. The Kier molecular flexibility index (Phi) is 6.82. The lowest BCUT2D eigenvalue weighted by molar-refractivity contribution is -0.123. The van der Waals surface area contributed by atoms with Crippen LogP contribution in [-0.4, -0.2) is 50.3 Å². The average molecular weight is 437 g/mol. The zero-order chi connectivity index (χ0) is 20.1. The minimum absolute atomic E-state index is 0.114. The summed E-state index contributed by atoms with van der Waals surface area (Å²) in [6, 6.07) is 7.09. The normalized spacial score (nSPS) is 15.5. The van der Waals surface area contributed by atoms with Crippen LogP contribution in [0, 0.1) is 0 Å². The van der Waals surface area contributed by atoms with Crippen molar-refractivity contribution in [1.29, 1.82) is 0 Å². The smallest absolute Gasteiger partial charge is 0.293 e. The average Bonchev–Trinajstić information content (AvgIpc) is 3.19. The highest BCUT2D eigenvalue weighted by Crippen LogP contribution is 2.33. The van der Waals surface area contributed by atoms with Crippen LogP contribution in [0.15, 0.2) is 46.7 Å². The zero-order valence-electron chi connectivity index (χ0n) is 14.9. The molecule has 1 aliphatic rings. The highest BCUT2D eigenvalue weighted by atomic mass is 35.5. The molecule has 0 spiro atoms. The van der Waals surface area contributed by atoms with E-state index >= 15 is 0 Å². The van der Waals surface area contributed by atoms with Crippen molar-refractivity contribution in [3.05, 3.63) is 52.2 Å². The van der Waals surface area contributed by atoms with Crippen molar-refractivity contribution < 1.29 is 14.4 Å². The molecule has 1 saturated heterocycles. The maximum absolute atomic E-state index is 12.5. The van der Waals surface area contributed by atoms with Crippen LogP contribution in [0.3, 0.4) is 0 Å². The molecule has 3 rings (SSSR count). The van der Waals surface area contributed by atoms with Gasteiger partial charge >= 0.3 is 0 Å². The summed E-state index contributed by atoms with van der Waals surface area (Å²) in [5.74, 6) is -0.364. The molecule has 7 nitrogen and oxygen atoms in total. The molecule has 3 amide bonds. The van der Waals surface area contributed by atoms with Crippen molar-refractivity contribution in [2.75, 3.05) is 18.8 Å². The molecule has 10 heteroatoms. The molecule has 0 atom stereocenters. The van der Waals surface area contributed by atoms with Crippen LogP contribution < -0.4 is 5.32 Å². The number of nitrogens with one attached hydrogen (secondary N) is 1. The number of carbonyl (C=O) groups excluding carboxylic acids is 3. The Morgan fingerprint density at radius 2 is 2.14 bits per heavy atom. The Morgan fingerprint density at radius 3 is 2.86 bits per heavy atom. The Hall–Kier alpha value is -2.23. The zero-order valence-corrected chi connectivity index (χ0v) is 17.3. The fraction of sp³-hybridized carbons (Fsp3) is 0.222. The summed E-state index contributed by atoms with van der Waals surface area (Å²) < 4.78 is 1.82. The monoisotopic (exact) mass is 436 g/mol. The first-order valence-electron chi connectivity index (χ1n) is 8.32. The summed E-state index contributed by atoms with van der Waals surface area (Å²) >= 11 is 8.28. The van der Waals surface area contributed by atoms with Crippen LogP contribution in [0.2, 0.25) is 5.02 Å². The lowest BCUT2D eigenvalue weighted by Gasteiger charge is -2.12. The van der Waals surface area contributed by atoms with Gasteiger partial charge in [0.05, 0.1) is 10.7 Å². The largest absolute Gasteiger partial charge is 0.354 e. The second kappa shape index (κ2) is 9.31. The molecule has 0 bridgehead atoms. The summed E-state index contributed by atoms with van der Waals surface area (Å²) in [6.45, 7) is 0.306. The third kappa shape index (κ3) is 4.98. The lowest BCUT2D eigenvalue weighted by Crippen LogP contribution is -2.37. The molecule has 1 fully saturated rings. The standard InChI is InChI=1S/C18H17ClN4O3S2/c1-22-8-6-21-17(22)27-11-15(24)20-7-9-23-16(25)14(28-18(23)26)10-12-4-2-3-5-13(12)19/h2-6,8,10H,7,9,11H2,1H3,(H,20,24)/b14-10-. The van der Waals surface area contributed by atoms with Gasteiger partial charge < -0.3 is 9.88 Å². The minimum atomic E-state index is -0.383. The van der Waals surface area contributed by atoms with Crippen LogP contribution >= 0.6 is 35.1 Å². The highest BCUT2D eigenvalue weighted by molar-refractivity contribution is 8.18. The number of benzene rings is 1. The number of aromatic nitrogens is 2. The summed E-state index contributed by atoms with van der Waals surface area (Å²) in [5, 5.41) is 3.60. The number of nitrogens with zero attached hydrogens (tertiary/aromatic N) is 3. The van der Waals surface area contributed by atoms with Gasteiger partial charge in [-0.25, -0.2) is 4.98 Å². The van der Waals surface area contributed by atoms with E-state index in [2.05, 4.69) is 10.3 Å². The summed E-state index contributed by atoms with van der Waals surface area (Å²) in [6.07, 6.45) is 5.07. The molecule has 0 radical (unpaired) electrons. The predicted molar refractivity (Wildman–Crippen MR) is 111 cm³/mol. The number of aryl methyl sites for hydroxylation is 1. The number of carbonyl (C=O) groups is 3. The van der Waals surface area contributed by atoms with E-state index in [0.29, 0.717) is 15.5 Å². The molecule has 146 valence electrons. The predicted octanol–water partition coefficient (Wildman–Crippen LogP) is 3.02. The SMILES string of the molecule is Cn1ccnc1SCC(=O)NCCN1C(=O)S/C(=C\c2ccccc2Cl)C1=O. The van der Waals surface area contributed by atoms with Gasteiger partial charge in [0.2, 0.25) is 5.91 Å². The number of imidazole rings is 1. The molecule has 0 saturated carbocycles. The number of imide groups is 1. The fourth-order valence-electron chi connectivity index (χ4n) is 2.41. The van der Waals surface area contributed by atoms with E-state index in [1.165, 1.54) is 11.8 Å². The van der Waals surface area contributed by atoms with Gasteiger partial charge in [0.15, 0.2) is 5.16 Å². The molecule has 0 unspecified atom stereocenters. The van der Waals surface area contributed by atoms with Gasteiger partial charge in [-0.1, -0.05) is 41.6 Å². The van der Waals surface area contributed by atoms with Gasteiger partial charge in [-0.05, 0) is 29.5 Å². The lowest BCUT2D eigenvalue weighted by atomic mass is 10.2. The molecule has 1 aromatic carbocycles. The number of rotatable bonds is 7. The van der Waals surface area contributed by atoms with Crippen LogP contribution in [0.1, 0.15) is 5.56 Å². The van der Waals surface area contributed by atoms with Gasteiger partial charge in [-0.15, -0.1) is 0 Å². The molecular formula is C18H17ClN4O3S2. The van der Waals surface area contributed by atoms with Crippen LogP contribution in [0.25, 0.3) is 6.08 Å². The summed E-state index contributed by atoms with van der Waals surface area (Å²) in [4.78, 5) is 42.1. The molecular weight excluding hydrogens is 420 g/mol. The first kappa shape index (κ1) is 20.5. The summed E-state index contributed by atoms with van der Waals surface area (Å²) in [7, 11) is 1.85. The van der Waals surface area contributed by atoms with Gasteiger partial charge in [0.1, 0.15) is 0 Å². The van der Waals surface area contributed by atoms with Crippen LogP contribution in [0.4, 0.5) is 4.79 Å². The Morgan fingerprint density at radius 1 is 1.36 bits per heavy atom. The molecule has 2 heterocycles. The van der Waals surface area contributed by atoms with Crippen molar-refractivity contribution in [2.45, 2.75) is 5.16 Å². The maximum Gasteiger partial charge on any atom is 0.293 e. The molecule has 1 aromatic heterocycles. The van der Waals surface area contributed by atoms with E-state index in [9.17, 15) is 14.4 Å². The third-order valence-electron chi connectivity index (χ3n) is 3.83. The maximum atomic E-state index is 12.5. The molecule has 2 aromatic rings. The highest BCUT2D eigenvalue weighted by Gasteiger charge is 2.34. The van der Waals surface area contributed by atoms with Gasteiger partial charge in [0, 0.05) is 37.6 Å². The number of hydrogen-bond acceptors (Lipinski definition) is 6. The molecule has 0 aliphatic carbocycles. The number of thioether (sulfide) groups is 2.